The highest BCUT2D eigenvalue weighted by molar-refractivity contribution is 4.90. The molecular weight excluding hydrogens is 186 g/mol. The third kappa shape index (κ3) is 3.76. The Balaban J connectivity index is 2.62. The molecule has 2 heteroatoms. The van der Waals surface area contributed by atoms with Crippen LogP contribution in [0.4, 0.5) is 0 Å². The number of unbranched alkanes of at least 4 members (excludes halogenated alkanes) is 1. The summed E-state index contributed by atoms with van der Waals surface area (Å²) in [6.07, 6.45) is 7.49. The molecule has 0 aromatic rings. The maximum absolute atomic E-state index is 5.81. The van der Waals surface area contributed by atoms with E-state index in [9.17, 15) is 0 Å². The summed E-state index contributed by atoms with van der Waals surface area (Å²) in [5, 5.41) is 0. The van der Waals surface area contributed by atoms with Gasteiger partial charge in [-0.15, -0.1) is 0 Å². The molecule has 0 unspecified atom stereocenters. The molecule has 0 aliphatic carbocycles. The third-order valence-corrected chi connectivity index (χ3v) is 3.66. The normalized spacial score (nSPS) is 30.4. The lowest BCUT2D eigenvalue weighted by molar-refractivity contribution is -0.109. The Labute approximate surface area is 94.6 Å². The Morgan fingerprint density at radius 2 is 2.00 bits per heavy atom. The fourth-order valence-electron chi connectivity index (χ4n) is 3.00. The highest BCUT2D eigenvalue weighted by Gasteiger charge is 2.39. The topological polar surface area (TPSA) is 35.2 Å². The monoisotopic (exact) mass is 213 g/mol. The van der Waals surface area contributed by atoms with E-state index in [0.29, 0.717) is 5.41 Å². The maximum Gasteiger partial charge on any atom is 0.0631 e. The molecule has 0 saturated carbocycles. The van der Waals surface area contributed by atoms with Crippen LogP contribution < -0.4 is 5.73 Å². The predicted molar refractivity (Wildman–Crippen MR) is 64.9 cm³/mol. The van der Waals surface area contributed by atoms with Crippen LogP contribution in [-0.4, -0.2) is 18.8 Å². The van der Waals surface area contributed by atoms with Gasteiger partial charge in [0.05, 0.1) is 5.60 Å². The average molecular weight is 213 g/mol. The Morgan fingerprint density at radius 3 is 2.53 bits per heavy atom. The van der Waals surface area contributed by atoms with Crippen LogP contribution in [0.15, 0.2) is 0 Å². The zero-order valence-corrected chi connectivity index (χ0v) is 10.6. The van der Waals surface area contributed by atoms with Crippen LogP contribution in [-0.2, 0) is 4.74 Å². The molecule has 15 heavy (non-hydrogen) atoms. The van der Waals surface area contributed by atoms with Crippen LogP contribution in [0.2, 0.25) is 0 Å². The van der Waals surface area contributed by atoms with Crippen molar-refractivity contribution < 1.29 is 4.74 Å². The first-order chi connectivity index (χ1) is 7.04. The Bertz CT molecular complexity index is 187. The van der Waals surface area contributed by atoms with Crippen LogP contribution in [0.5, 0.6) is 0 Å². The molecule has 0 aromatic heterocycles. The van der Waals surface area contributed by atoms with Crippen LogP contribution >= 0.6 is 0 Å². The fraction of sp³-hybridized carbons (Fsp3) is 1.00. The molecule has 1 saturated heterocycles. The van der Waals surface area contributed by atoms with Gasteiger partial charge in [-0.05, 0) is 51.5 Å². The molecule has 90 valence electrons. The minimum Gasteiger partial charge on any atom is -0.376 e. The number of nitrogens with two attached hydrogens (primary N) is 1. The van der Waals surface area contributed by atoms with Gasteiger partial charge in [-0.25, -0.2) is 0 Å². The van der Waals surface area contributed by atoms with Crippen molar-refractivity contribution in [2.75, 3.05) is 13.2 Å². The molecule has 1 atom stereocenters. The minimum absolute atomic E-state index is 0.0567. The first-order valence-electron chi connectivity index (χ1n) is 6.38. The molecule has 0 bridgehead atoms. The molecule has 0 spiro atoms. The first kappa shape index (κ1) is 13.0. The van der Waals surface area contributed by atoms with Gasteiger partial charge in [-0.1, -0.05) is 19.8 Å². The molecule has 1 heterocycles. The van der Waals surface area contributed by atoms with E-state index in [1.165, 1.54) is 38.5 Å². The highest BCUT2D eigenvalue weighted by Crippen LogP contribution is 2.44. The van der Waals surface area contributed by atoms with E-state index in [4.69, 9.17) is 10.5 Å². The summed E-state index contributed by atoms with van der Waals surface area (Å²) in [4.78, 5) is 0. The number of rotatable bonds is 5. The van der Waals surface area contributed by atoms with E-state index in [2.05, 4.69) is 20.8 Å². The molecule has 1 fully saturated rings. The number of ether oxygens (including phenoxy) is 1. The summed E-state index contributed by atoms with van der Waals surface area (Å²) in [5.74, 6) is 0. The summed E-state index contributed by atoms with van der Waals surface area (Å²) in [6.45, 7) is 8.42. The molecule has 2 nitrogen and oxygen atoms in total. The molecule has 1 aliphatic rings. The van der Waals surface area contributed by atoms with E-state index in [-0.39, 0.29) is 5.60 Å². The summed E-state index contributed by atoms with van der Waals surface area (Å²) in [6, 6.07) is 0. The van der Waals surface area contributed by atoms with Crippen molar-refractivity contribution in [3.63, 3.8) is 0 Å². The van der Waals surface area contributed by atoms with Crippen molar-refractivity contribution in [3.8, 4) is 0 Å². The van der Waals surface area contributed by atoms with Crippen LogP contribution in [0.1, 0.15) is 59.3 Å². The van der Waals surface area contributed by atoms with Gasteiger partial charge in [0.15, 0.2) is 0 Å². The second-order valence-electron chi connectivity index (χ2n) is 5.68. The third-order valence-electron chi connectivity index (χ3n) is 3.66. The Kier molecular flexibility index (Phi) is 4.60. The number of hydrogen-bond donors (Lipinski definition) is 1. The maximum atomic E-state index is 5.81. The Morgan fingerprint density at radius 1 is 1.27 bits per heavy atom. The van der Waals surface area contributed by atoms with Gasteiger partial charge in [0.1, 0.15) is 0 Å². The largest absolute Gasteiger partial charge is 0.376 e. The molecular formula is C13H27NO. The zero-order valence-electron chi connectivity index (χ0n) is 10.6. The van der Waals surface area contributed by atoms with Crippen molar-refractivity contribution in [1.29, 1.82) is 0 Å². The van der Waals surface area contributed by atoms with Crippen molar-refractivity contribution in [1.82, 2.24) is 0 Å². The van der Waals surface area contributed by atoms with E-state index < -0.39 is 0 Å². The highest BCUT2D eigenvalue weighted by atomic mass is 16.5. The van der Waals surface area contributed by atoms with Gasteiger partial charge in [-0.3, -0.25) is 0 Å². The lowest BCUT2D eigenvalue weighted by Gasteiger charge is -2.45. The van der Waals surface area contributed by atoms with Crippen LogP contribution in [0, 0.1) is 5.41 Å². The molecule has 2 N–H and O–H groups in total. The predicted octanol–water partition coefficient (Wildman–Crippen LogP) is 3.10. The van der Waals surface area contributed by atoms with Crippen molar-refractivity contribution in [2.24, 2.45) is 11.1 Å². The summed E-state index contributed by atoms with van der Waals surface area (Å²) >= 11 is 0. The lowest BCUT2D eigenvalue weighted by Crippen LogP contribution is -2.42. The van der Waals surface area contributed by atoms with Gasteiger partial charge in [0.25, 0.3) is 0 Å². The molecule has 1 aliphatic heterocycles. The number of hydrogen-bond acceptors (Lipinski definition) is 2. The minimum atomic E-state index is 0.0567. The summed E-state index contributed by atoms with van der Waals surface area (Å²) in [5.41, 5.74) is 6.29. The second-order valence-corrected chi connectivity index (χ2v) is 5.68. The van der Waals surface area contributed by atoms with Crippen molar-refractivity contribution in [2.45, 2.75) is 64.9 Å². The molecule has 0 radical (unpaired) electrons. The molecule has 0 amide bonds. The lowest BCUT2D eigenvalue weighted by atomic mass is 9.69. The van der Waals surface area contributed by atoms with E-state index in [1.807, 2.05) is 0 Å². The summed E-state index contributed by atoms with van der Waals surface area (Å²) in [7, 11) is 0. The fourth-order valence-corrected chi connectivity index (χ4v) is 3.00. The van der Waals surface area contributed by atoms with Gasteiger partial charge in [0.2, 0.25) is 0 Å². The average Bonchev–Trinajstić information content (AvgIpc) is 2.14. The van der Waals surface area contributed by atoms with Crippen LogP contribution in [0.25, 0.3) is 0 Å². The quantitative estimate of drug-likeness (QED) is 0.761. The standard InChI is InChI=1S/C13H27NO/c1-4-5-6-13(7-9-14)8-10-15-12(2,3)11-13/h4-11,14H2,1-3H3/t13-/m0/s1. The van der Waals surface area contributed by atoms with Gasteiger partial charge < -0.3 is 10.5 Å². The zero-order chi connectivity index (χ0) is 11.4. The molecule has 1 rings (SSSR count). The van der Waals surface area contributed by atoms with Gasteiger partial charge in [0, 0.05) is 6.61 Å². The summed E-state index contributed by atoms with van der Waals surface area (Å²) < 4.78 is 5.81. The second kappa shape index (κ2) is 5.31. The van der Waals surface area contributed by atoms with Crippen LogP contribution in [0.3, 0.4) is 0 Å². The van der Waals surface area contributed by atoms with E-state index in [0.717, 1.165) is 13.2 Å². The Hall–Kier alpha value is -0.0800. The molecule has 0 aromatic carbocycles. The van der Waals surface area contributed by atoms with E-state index in [1.54, 1.807) is 0 Å². The smallest absolute Gasteiger partial charge is 0.0631 e. The SMILES string of the molecule is CCCC[C@]1(CCN)CCOC(C)(C)C1. The van der Waals surface area contributed by atoms with Gasteiger partial charge >= 0.3 is 0 Å². The first-order valence-corrected chi connectivity index (χ1v) is 6.38. The van der Waals surface area contributed by atoms with Crippen molar-refractivity contribution >= 4 is 0 Å². The van der Waals surface area contributed by atoms with E-state index >= 15 is 0 Å². The van der Waals surface area contributed by atoms with Crippen molar-refractivity contribution in [3.05, 3.63) is 0 Å². The van der Waals surface area contributed by atoms with Gasteiger partial charge in [-0.2, -0.15) is 0 Å².